The SMILES string of the molecule is O=C(CCC1CCNC1)Nc1cccc(F)c1C(=O)O. The number of rotatable bonds is 5. The predicted molar refractivity (Wildman–Crippen MR) is 72.2 cm³/mol. The van der Waals surface area contributed by atoms with Crippen LogP contribution in [0.1, 0.15) is 29.6 Å². The molecule has 2 rings (SSSR count). The summed E-state index contributed by atoms with van der Waals surface area (Å²) in [4.78, 5) is 22.8. The Morgan fingerprint density at radius 2 is 2.25 bits per heavy atom. The van der Waals surface area contributed by atoms with E-state index in [9.17, 15) is 14.0 Å². The number of carbonyl (C=O) groups is 2. The third-order valence-electron chi connectivity index (χ3n) is 3.44. The van der Waals surface area contributed by atoms with Gasteiger partial charge in [-0.2, -0.15) is 0 Å². The van der Waals surface area contributed by atoms with Crippen LogP contribution in [0, 0.1) is 11.7 Å². The fourth-order valence-electron chi connectivity index (χ4n) is 2.35. The first-order valence-electron chi connectivity index (χ1n) is 6.60. The number of carbonyl (C=O) groups excluding carboxylic acids is 1. The van der Waals surface area contributed by atoms with Gasteiger partial charge in [0.15, 0.2) is 0 Å². The van der Waals surface area contributed by atoms with Gasteiger partial charge in [-0.05, 0) is 44.0 Å². The Balaban J connectivity index is 1.96. The highest BCUT2D eigenvalue weighted by Gasteiger charge is 2.19. The van der Waals surface area contributed by atoms with E-state index in [2.05, 4.69) is 10.6 Å². The summed E-state index contributed by atoms with van der Waals surface area (Å²) in [6.07, 6.45) is 2.10. The highest BCUT2D eigenvalue weighted by molar-refractivity contribution is 6.00. The molecule has 1 fully saturated rings. The summed E-state index contributed by atoms with van der Waals surface area (Å²) in [5.41, 5.74) is -0.490. The summed E-state index contributed by atoms with van der Waals surface area (Å²) in [5, 5.41) is 14.7. The fraction of sp³-hybridized carbons (Fsp3) is 0.429. The second-order valence-corrected chi connectivity index (χ2v) is 4.91. The molecular formula is C14H17FN2O3. The van der Waals surface area contributed by atoms with E-state index in [1.807, 2.05) is 0 Å². The smallest absolute Gasteiger partial charge is 0.340 e. The minimum atomic E-state index is -1.39. The van der Waals surface area contributed by atoms with E-state index in [0.717, 1.165) is 32.0 Å². The molecule has 0 spiro atoms. The summed E-state index contributed by atoms with van der Waals surface area (Å²) in [6, 6.07) is 3.82. The van der Waals surface area contributed by atoms with Crippen LogP contribution < -0.4 is 10.6 Å². The Bertz CT molecular complexity index is 513. The first-order valence-corrected chi connectivity index (χ1v) is 6.60. The maximum absolute atomic E-state index is 13.4. The van der Waals surface area contributed by atoms with Gasteiger partial charge in [0.2, 0.25) is 5.91 Å². The van der Waals surface area contributed by atoms with Gasteiger partial charge in [-0.1, -0.05) is 6.07 Å². The number of amides is 1. The van der Waals surface area contributed by atoms with Crippen molar-refractivity contribution in [2.45, 2.75) is 19.3 Å². The van der Waals surface area contributed by atoms with Crippen LogP contribution >= 0.6 is 0 Å². The number of aromatic carboxylic acids is 1. The lowest BCUT2D eigenvalue weighted by molar-refractivity contribution is -0.116. The quantitative estimate of drug-likeness (QED) is 0.769. The van der Waals surface area contributed by atoms with Crippen molar-refractivity contribution in [1.82, 2.24) is 5.32 Å². The highest BCUT2D eigenvalue weighted by Crippen LogP contribution is 2.20. The summed E-state index contributed by atoms with van der Waals surface area (Å²) >= 11 is 0. The van der Waals surface area contributed by atoms with Crippen molar-refractivity contribution in [3.8, 4) is 0 Å². The standard InChI is InChI=1S/C14H17FN2O3/c15-10-2-1-3-11(13(10)14(19)20)17-12(18)5-4-9-6-7-16-8-9/h1-3,9,16H,4-8H2,(H,17,18)(H,19,20). The Morgan fingerprint density at radius 3 is 2.90 bits per heavy atom. The second kappa shape index (κ2) is 6.47. The Morgan fingerprint density at radius 1 is 1.45 bits per heavy atom. The van der Waals surface area contributed by atoms with Gasteiger partial charge in [0.25, 0.3) is 0 Å². The number of hydrogen-bond acceptors (Lipinski definition) is 3. The maximum atomic E-state index is 13.4. The van der Waals surface area contributed by atoms with Gasteiger partial charge in [0.1, 0.15) is 11.4 Å². The molecule has 1 aliphatic heterocycles. The number of anilines is 1. The molecule has 0 radical (unpaired) electrons. The summed E-state index contributed by atoms with van der Waals surface area (Å²) < 4.78 is 13.4. The van der Waals surface area contributed by atoms with E-state index in [0.29, 0.717) is 12.3 Å². The zero-order chi connectivity index (χ0) is 14.5. The topological polar surface area (TPSA) is 78.4 Å². The molecule has 0 bridgehead atoms. The van der Waals surface area contributed by atoms with Gasteiger partial charge >= 0.3 is 5.97 Å². The molecule has 20 heavy (non-hydrogen) atoms. The zero-order valence-electron chi connectivity index (χ0n) is 11.0. The first kappa shape index (κ1) is 14.5. The average molecular weight is 280 g/mol. The molecule has 3 N–H and O–H groups in total. The van der Waals surface area contributed by atoms with Crippen LogP contribution in [-0.4, -0.2) is 30.1 Å². The summed E-state index contributed by atoms with van der Waals surface area (Å²) in [7, 11) is 0. The molecule has 1 unspecified atom stereocenters. The van der Waals surface area contributed by atoms with E-state index < -0.39 is 17.3 Å². The lowest BCUT2D eigenvalue weighted by atomic mass is 10.0. The van der Waals surface area contributed by atoms with Crippen molar-refractivity contribution in [1.29, 1.82) is 0 Å². The van der Waals surface area contributed by atoms with Crippen LogP contribution in [0.4, 0.5) is 10.1 Å². The van der Waals surface area contributed by atoms with Gasteiger partial charge in [-0.25, -0.2) is 9.18 Å². The number of hydrogen-bond donors (Lipinski definition) is 3. The average Bonchev–Trinajstić information content (AvgIpc) is 2.89. The largest absolute Gasteiger partial charge is 0.478 e. The Hall–Kier alpha value is -1.95. The molecule has 0 aliphatic carbocycles. The molecule has 1 aromatic carbocycles. The molecule has 1 atom stereocenters. The lowest BCUT2D eigenvalue weighted by Gasteiger charge is -2.11. The van der Waals surface area contributed by atoms with Crippen LogP contribution in [0.5, 0.6) is 0 Å². The fourth-order valence-corrected chi connectivity index (χ4v) is 2.35. The molecule has 6 heteroatoms. The first-order chi connectivity index (χ1) is 9.58. The molecule has 1 saturated heterocycles. The van der Waals surface area contributed by atoms with Gasteiger partial charge in [-0.3, -0.25) is 4.79 Å². The Labute approximate surface area is 116 Å². The maximum Gasteiger partial charge on any atom is 0.340 e. The third-order valence-corrected chi connectivity index (χ3v) is 3.44. The van der Waals surface area contributed by atoms with E-state index in [1.165, 1.54) is 12.1 Å². The van der Waals surface area contributed by atoms with Crippen molar-refractivity contribution < 1.29 is 19.1 Å². The summed E-state index contributed by atoms with van der Waals surface area (Å²) in [5.74, 6) is -2.05. The molecule has 0 saturated carbocycles. The van der Waals surface area contributed by atoms with E-state index in [-0.39, 0.29) is 11.6 Å². The van der Waals surface area contributed by atoms with Gasteiger partial charge < -0.3 is 15.7 Å². The van der Waals surface area contributed by atoms with Gasteiger partial charge in [-0.15, -0.1) is 0 Å². The minimum absolute atomic E-state index is 0.00652. The number of benzene rings is 1. The lowest BCUT2D eigenvalue weighted by Crippen LogP contribution is -2.17. The van der Waals surface area contributed by atoms with Crippen LogP contribution in [-0.2, 0) is 4.79 Å². The molecule has 0 aromatic heterocycles. The molecule has 1 aromatic rings. The molecule has 1 aliphatic rings. The van der Waals surface area contributed by atoms with Gasteiger partial charge in [0, 0.05) is 6.42 Å². The number of carboxylic acids is 1. The Kier molecular flexibility index (Phi) is 4.68. The van der Waals surface area contributed by atoms with Crippen molar-refractivity contribution in [3.63, 3.8) is 0 Å². The molecule has 1 heterocycles. The number of carboxylic acid groups (broad SMARTS) is 1. The second-order valence-electron chi connectivity index (χ2n) is 4.91. The van der Waals surface area contributed by atoms with Crippen LogP contribution in [0.2, 0.25) is 0 Å². The molecule has 1 amide bonds. The monoisotopic (exact) mass is 280 g/mol. The van der Waals surface area contributed by atoms with Crippen molar-refractivity contribution in [2.75, 3.05) is 18.4 Å². The van der Waals surface area contributed by atoms with E-state index >= 15 is 0 Å². The van der Waals surface area contributed by atoms with E-state index in [4.69, 9.17) is 5.11 Å². The third kappa shape index (κ3) is 3.54. The van der Waals surface area contributed by atoms with Crippen molar-refractivity contribution in [3.05, 3.63) is 29.6 Å². The highest BCUT2D eigenvalue weighted by atomic mass is 19.1. The van der Waals surface area contributed by atoms with Crippen LogP contribution in [0.15, 0.2) is 18.2 Å². The summed E-state index contributed by atoms with van der Waals surface area (Å²) in [6.45, 7) is 1.88. The van der Waals surface area contributed by atoms with Crippen molar-refractivity contribution in [2.24, 2.45) is 5.92 Å². The van der Waals surface area contributed by atoms with E-state index in [1.54, 1.807) is 0 Å². The predicted octanol–water partition coefficient (Wildman–Crippen LogP) is 1.85. The normalized spacial score (nSPS) is 17.9. The molecular weight excluding hydrogens is 263 g/mol. The van der Waals surface area contributed by atoms with Gasteiger partial charge in [0.05, 0.1) is 5.69 Å². The number of halogens is 1. The van der Waals surface area contributed by atoms with Crippen molar-refractivity contribution >= 4 is 17.6 Å². The minimum Gasteiger partial charge on any atom is -0.478 e. The molecule has 5 nitrogen and oxygen atoms in total. The zero-order valence-corrected chi connectivity index (χ0v) is 11.0. The number of nitrogens with one attached hydrogen (secondary N) is 2. The molecule has 108 valence electrons. The van der Waals surface area contributed by atoms with Crippen LogP contribution in [0.25, 0.3) is 0 Å². The van der Waals surface area contributed by atoms with Crippen LogP contribution in [0.3, 0.4) is 0 Å².